The van der Waals surface area contributed by atoms with Crippen molar-refractivity contribution in [2.24, 2.45) is 0 Å². The van der Waals surface area contributed by atoms with Gasteiger partial charge in [-0.25, -0.2) is 4.98 Å². The second-order valence-electron chi connectivity index (χ2n) is 3.56. The van der Waals surface area contributed by atoms with Crippen LogP contribution in [0.2, 0.25) is 0 Å². The van der Waals surface area contributed by atoms with Gasteiger partial charge in [-0.2, -0.15) is 0 Å². The van der Waals surface area contributed by atoms with Crippen molar-refractivity contribution < 1.29 is 5.11 Å². The second kappa shape index (κ2) is 3.77. The van der Waals surface area contributed by atoms with Crippen LogP contribution in [0, 0.1) is 6.92 Å². The average molecular weight is 202 g/mol. The van der Waals surface area contributed by atoms with Crippen LogP contribution >= 0.6 is 0 Å². The maximum absolute atomic E-state index is 9.77. The summed E-state index contributed by atoms with van der Waals surface area (Å²) in [6.45, 7) is 4.91. The van der Waals surface area contributed by atoms with E-state index in [0.29, 0.717) is 0 Å². The number of hydrogen-bond acceptors (Lipinski definition) is 2. The van der Waals surface area contributed by atoms with E-state index in [1.165, 1.54) is 0 Å². The van der Waals surface area contributed by atoms with Crippen LogP contribution in [0.15, 0.2) is 30.6 Å². The maximum atomic E-state index is 9.77. The van der Waals surface area contributed by atoms with E-state index >= 15 is 0 Å². The lowest BCUT2D eigenvalue weighted by atomic mass is 10.1. The fourth-order valence-electron chi connectivity index (χ4n) is 1.64. The van der Waals surface area contributed by atoms with Gasteiger partial charge in [-0.05, 0) is 26.0 Å². The Kier molecular flexibility index (Phi) is 2.46. The van der Waals surface area contributed by atoms with E-state index in [1.54, 1.807) is 12.3 Å². The first-order chi connectivity index (χ1) is 7.22. The van der Waals surface area contributed by atoms with Crippen molar-refractivity contribution in [2.75, 3.05) is 0 Å². The lowest BCUT2D eigenvalue weighted by molar-refractivity contribution is 0.476. The highest BCUT2D eigenvalue weighted by Crippen LogP contribution is 2.28. The molecule has 0 saturated heterocycles. The molecule has 1 aromatic heterocycles. The molecule has 78 valence electrons. The van der Waals surface area contributed by atoms with Crippen LogP contribution in [0.1, 0.15) is 12.5 Å². The number of imidazole rings is 1. The highest BCUT2D eigenvalue weighted by molar-refractivity contribution is 5.65. The molecule has 0 aliphatic carbocycles. The third-order valence-corrected chi connectivity index (χ3v) is 2.45. The highest BCUT2D eigenvalue weighted by atomic mass is 16.3. The molecule has 0 amide bonds. The first-order valence-electron chi connectivity index (χ1n) is 5.03. The van der Waals surface area contributed by atoms with Gasteiger partial charge in [-0.1, -0.05) is 11.6 Å². The van der Waals surface area contributed by atoms with Gasteiger partial charge in [0.05, 0.1) is 5.56 Å². The molecule has 3 nitrogen and oxygen atoms in total. The fraction of sp³-hybridized carbons (Fsp3) is 0.250. The molecular weight excluding hydrogens is 188 g/mol. The summed E-state index contributed by atoms with van der Waals surface area (Å²) in [5, 5.41) is 9.77. The maximum Gasteiger partial charge on any atom is 0.143 e. The van der Waals surface area contributed by atoms with E-state index in [0.717, 1.165) is 23.5 Å². The minimum absolute atomic E-state index is 0.279. The van der Waals surface area contributed by atoms with Gasteiger partial charge in [0.15, 0.2) is 0 Å². The van der Waals surface area contributed by atoms with Crippen LogP contribution in [0.3, 0.4) is 0 Å². The van der Waals surface area contributed by atoms with Crippen molar-refractivity contribution in [1.82, 2.24) is 9.55 Å². The Hall–Kier alpha value is -1.77. The van der Waals surface area contributed by atoms with Gasteiger partial charge < -0.3 is 9.67 Å². The molecule has 0 radical (unpaired) electrons. The average Bonchev–Trinajstić information content (AvgIpc) is 2.69. The van der Waals surface area contributed by atoms with Crippen LogP contribution in [-0.2, 0) is 6.54 Å². The van der Waals surface area contributed by atoms with Crippen molar-refractivity contribution in [3.8, 4) is 17.1 Å². The quantitative estimate of drug-likeness (QED) is 0.812. The first-order valence-corrected chi connectivity index (χ1v) is 5.03. The van der Waals surface area contributed by atoms with E-state index in [2.05, 4.69) is 11.9 Å². The first kappa shape index (κ1) is 9.77. The van der Waals surface area contributed by atoms with E-state index in [1.807, 2.05) is 29.8 Å². The summed E-state index contributed by atoms with van der Waals surface area (Å²) in [6, 6.07) is 5.54. The second-order valence-corrected chi connectivity index (χ2v) is 3.56. The van der Waals surface area contributed by atoms with Crippen LogP contribution in [0.4, 0.5) is 0 Å². The standard InChI is InChI=1S/C12H14N2O/c1-3-14-7-6-13-12(14)10-8-9(2)4-5-11(10)15/h4-8,15H,3H2,1-2H3. The molecule has 1 N–H and O–H groups in total. The third kappa shape index (κ3) is 1.73. The summed E-state index contributed by atoms with van der Waals surface area (Å²) >= 11 is 0. The van der Waals surface area contributed by atoms with Gasteiger partial charge in [0.1, 0.15) is 11.6 Å². The topological polar surface area (TPSA) is 38.0 Å². The summed E-state index contributed by atoms with van der Waals surface area (Å²) in [4.78, 5) is 4.26. The summed E-state index contributed by atoms with van der Waals surface area (Å²) in [5.74, 6) is 1.10. The molecule has 0 bridgehead atoms. The Bertz CT molecular complexity index is 474. The molecule has 0 aliphatic heterocycles. The zero-order valence-corrected chi connectivity index (χ0v) is 8.94. The predicted molar refractivity (Wildman–Crippen MR) is 59.7 cm³/mol. The van der Waals surface area contributed by atoms with Crippen molar-refractivity contribution in [1.29, 1.82) is 0 Å². The smallest absolute Gasteiger partial charge is 0.143 e. The Morgan fingerprint density at radius 3 is 2.93 bits per heavy atom. The van der Waals surface area contributed by atoms with Crippen LogP contribution in [0.25, 0.3) is 11.4 Å². The summed E-state index contributed by atoms with van der Waals surface area (Å²) in [6.07, 6.45) is 3.66. The number of rotatable bonds is 2. The summed E-state index contributed by atoms with van der Waals surface area (Å²) in [5.41, 5.74) is 1.91. The van der Waals surface area contributed by atoms with Gasteiger partial charge in [0.25, 0.3) is 0 Å². The van der Waals surface area contributed by atoms with Crippen molar-refractivity contribution >= 4 is 0 Å². The molecule has 3 heteroatoms. The Morgan fingerprint density at radius 1 is 1.40 bits per heavy atom. The van der Waals surface area contributed by atoms with Gasteiger partial charge >= 0.3 is 0 Å². The highest BCUT2D eigenvalue weighted by Gasteiger charge is 2.09. The SMILES string of the molecule is CCn1ccnc1-c1cc(C)ccc1O. The summed E-state index contributed by atoms with van der Waals surface area (Å²) < 4.78 is 2.01. The molecule has 1 aromatic carbocycles. The number of hydrogen-bond donors (Lipinski definition) is 1. The molecule has 2 rings (SSSR count). The largest absolute Gasteiger partial charge is 0.507 e. The Labute approximate surface area is 89.0 Å². The van der Waals surface area contributed by atoms with E-state index in [4.69, 9.17) is 0 Å². The third-order valence-electron chi connectivity index (χ3n) is 2.45. The van der Waals surface area contributed by atoms with Crippen molar-refractivity contribution in [2.45, 2.75) is 20.4 Å². The lowest BCUT2D eigenvalue weighted by Gasteiger charge is -2.07. The molecule has 0 aliphatic rings. The molecule has 0 unspecified atom stereocenters. The van der Waals surface area contributed by atoms with Crippen LogP contribution < -0.4 is 0 Å². The Balaban J connectivity index is 2.58. The number of aromatic nitrogens is 2. The minimum atomic E-state index is 0.279. The number of phenols is 1. The normalized spacial score (nSPS) is 10.5. The molecule has 2 aromatic rings. The summed E-state index contributed by atoms with van der Waals surface area (Å²) in [7, 11) is 0. The minimum Gasteiger partial charge on any atom is -0.507 e. The van der Waals surface area contributed by atoms with Gasteiger partial charge in [-0.15, -0.1) is 0 Å². The molecule has 0 spiro atoms. The lowest BCUT2D eigenvalue weighted by Crippen LogP contribution is -1.96. The van der Waals surface area contributed by atoms with Crippen LogP contribution in [0.5, 0.6) is 5.75 Å². The zero-order valence-electron chi connectivity index (χ0n) is 8.94. The molecule has 0 atom stereocenters. The zero-order chi connectivity index (χ0) is 10.8. The van der Waals surface area contributed by atoms with Crippen molar-refractivity contribution in [3.63, 3.8) is 0 Å². The number of benzene rings is 1. The molecule has 1 heterocycles. The van der Waals surface area contributed by atoms with E-state index in [9.17, 15) is 5.11 Å². The molecule has 0 saturated carbocycles. The Morgan fingerprint density at radius 2 is 2.20 bits per heavy atom. The van der Waals surface area contributed by atoms with Gasteiger partial charge in [-0.3, -0.25) is 0 Å². The van der Waals surface area contributed by atoms with Crippen molar-refractivity contribution in [3.05, 3.63) is 36.2 Å². The molecular formula is C12H14N2O. The number of nitrogens with zero attached hydrogens (tertiary/aromatic N) is 2. The number of phenolic OH excluding ortho intramolecular Hbond substituents is 1. The molecule has 0 fully saturated rings. The molecule has 15 heavy (non-hydrogen) atoms. The number of aryl methyl sites for hydroxylation is 2. The van der Waals surface area contributed by atoms with E-state index < -0.39 is 0 Å². The predicted octanol–water partition coefficient (Wildman–Crippen LogP) is 2.58. The monoisotopic (exact) mass is 202 g/mol. The number of aromatic hydroxyl groups is 1. The van der Waals surface area contributed by atoms with Crippen LogP contribution in [-0.4, -0.2) is 14.7 Å². The van der Waals surface area contributed by atoms with E-state index in [-0.39, 0.29) is 5.75 Å². The van der Waals surface area contributed by atoms with Gasteiger partial charge in [0.2, 0.25) is 0 Å². The van der Waals surface area contributed by atoms with Gasteiger partial charge in [0, 0.05) is 18.9 Å². The fourth-order valence-corrected chi connectivity index (χ4v) is 1.64.